The fourth-order valence-corrected chi connectivity index (χ4v) is 1.97. The highest BCUT2D eigenvalue weighted by molar-refractivity contribution is 9.10. The van der Waals surface area contributed by atoms with Gasteiger partial charge in [0.2, 0.25) is 0 Å². The van der Waals surface area contributed by atoms with Crippen molar-refractivity contribution < 1.29 is 9.53 Å². The quantitative estimate of drug-likeness (QED) is 0.609. The lowest BCUT2D eigenvalue weighted by Gasteiger charge is -2.08. The summed E-state index contributed by atoms with van der Waals surface area (Å²) in [5.74, 6) is 0.771. The van der Waals surface area contributed by atoms with Crippen LogP contribution in [0.4, 0.5) is 0 Å². The molecule has 2 aromatic rings. The van der Waals surface area contributed by atoms with Crippen molar-refractivity contribution in [3.05, 3.63) is 65.7 Å². The van der Waals surface area contributed by atoms with E-state index in [9.17, 15) is 4.79 Å². The van der Waals surface area contributed by atoms with Crippen LogP contribution in [0.25, 0.3) is 0 Å². The third-order valence-electron chi connectivity index (χ3n) is 2.73. The first-order valence-electron chi connectivity index (χ1n) is 6.12. The van der Waals surface area contributed by atoms with Gasteiger partial charge in [-0.3, -0.25) is 4.79 Å². The number of ether oxygens (including phenoxy) is 1. The Hall–Kier alpha value is -1.61. The maximum absolute atomic E-state index is 11.9. The van der Waals surface area contributed by atoms with Gasteiger partial charge in [0, 0.05) is 5.56 Å². The third-order valence-corrected chi connectivity index (χ3v) is 3.14. The minimum absolute atomic E-state index is 0.0603. The SMILES string of the molecule is C[C@@H](Br)C(=O)c1cccc(OCc2ccccc2)c1. The molecule has 0 N–H and O–H groups in total. The molecule has 0 amide bonds. The highest BCUT2D eigenvalue weighted by Gasteiger charge is 2.12. The molecule has 0 bridgehead atoms. The van der Waals surface area contributed by atoms with E-state index >= 15 is 0 Å². The molecule has 2 aromatic carbocycles. The van der Waals surface area contributed by atoms with Crippen LogP contribution in [0.3, 0.4) is 0 Å². The van der Waals surface area contributed by atoms with Gasteiger partial charge in [-0.1, -0.05) is 58.4 Å². The van der Waals surface area contributed by atoms with Gasteiger partial charge in [0.15, 0.2) is 5.78 Å². The summed E-state index contributed by atoms with van der Waals surface area (Å²) in [7, 11) is 0. The summed E-state index contributed by atoms with van der Waals surface area (Å²) < 4.78 is 5.70. The van der Waals surface area contributed by atoms with Crippen LogP contribution in [0.1, 0.15) is 22.8 Å². The fourth-order valence-electron chi connectivity index (χ4n) is 1.71. The number of carbonyl (C=O) groups excluding carboxylic acids is 1. The van der Waals surface area contributed by atoms with E-state index in [0.717, 1.165) is 5.56 Å². The van der Waals surface area contributed by atoms with Crippen LogP contribution < -0.4 is 4.74 Å². The maximum Gasteiger partial charge on any atom is 0.176 e. The van der Waals surface area contributed by atoms with E-state index in [1.165, 1.54) is 0 Å². The predicted octanol–water partition coefficient (Wildman–Crippen LogP) is 4.23. The lowest BCUT2D eigenvalue weighted by molar-refractivity contribution is 0.0995. The van der Waals surface area contributed by atoms with Gasteiger partial charge in [-0.05, 0) is 24.6 Å². The molecule has 19 heavy (non-hydrogen) atoms. The van der Waals surface area contributed by atoms with E-state index in [0.29, 0.717) is 17.9 Å². The van der Waals surface area contributed by atoms with Crippen LogP contribution in [-0.2, 0) is 6.61 Å². The average Bonchev–Trinajstić information content (AvgIpc) is 2.45. The van der Waals surface area contributed by atoms with Crippen molar-refractivity contribution in [2.45, 2.75) is 18.4 Å². The van der Waals surface area contributed by atoms with Crippen LogP contribution >= 0.6 is 15.9 Å². The second-order valence-electron chi connectivity index (χ2n) is 4.28. The fraction of sp³-hybridized carbons (Fsp3) is 0.188. The van der Waals surface area contributed by atoms with Gasteiger partial charge < -0.3 is 4.74 Å². The number of Topliss-reactive ketones (excluding diaryl/α,β-unsaturated/α-hetero) is 1. The first kappa shape index (κ1) is 13.8. The molecule has 0 radical (unpaired) electrons. The van der Waals surface area contributed by atoms with Crippen molar-refractivity contribution in [2.24, 2.45) is 0 Å². The van der Waals surface area contributed by atoms with E-state index in [4.69, 9.17) is 4.74 Å². The molecule has 3 heteroatoms. The smallest absolute Gasteiger partial charge is 0.176 e. The van der Waals surface area contributed by atoms with Gasteiger partial charge in [-0.2, -0.15) is 0 Å². The predicted molar refractivity (Wildman–Crippen MR) is 79.9 cm³/mol. The summed E-state index contributed by atoms with van der Waals surface area (Å²) in [5, 5.41) is 0. The second-order valence-corrected chi connectivity index (χ2v) is 5.66. The molecule has 0 saturated carbocycles. The number of alkyl halides is 1. The zero-order valence-electron chi connectivity index (χ0n) is 10.7. The summed E-state index contributed by atoms with van der Waals surface area (Å²) in [6.07, 6.45) is 0. The van der Waals surface area contributed by atoms with Crippen LogP contribution in [0.2, 0.25) is 0 Å². The zero-order valence-corrected chi connectivity index (χ0v) is 12.3. The zero-order chi connectivity index (χ0) is 13.7. The highest BCUT2D eigenvalue weighted by atomic mass is 79.9. The van der Waals surface area contributed by atoms with E-state index < -0.39 is 0 Å². The van der Waals surface area contributed by atoms with Crippen molar-refractivity contribution in [1.82, 2.24) is 0 Å². The third kappa shape index (κ3) is 3.93. The highest BCUT2D eigenvalue weighted by Crippen LogP contribution is 2.18. The van der Waals surface area contributed by atoms with Gasteiger partial charge in [0.1, 0.15) is 12.4 Å². The Kier molecular flexibility index (Phi) is 4.74. The van der Waals surface area contributed by atoms with Crippen molar-refractivity contribution in [1.29, 1.82) is 0 Å². The average molecular weight is 319 g/mol. The van der Waals surface area contributed by atoms with Crippen LogP contribution in [0.5, 0.6) is 5.75 Å². The molecule has 0 heterocycles. The van der Waals surface area contributed by atoms with Crippen LogP contribution in [0, 0.1) is 0 Å². The molecule has 0 aliphatic heterocycles. The summed E-state index contributed by atoms with van der Waals surface area (Å²) in [6, 6.07) is 17.2. The van der Waals surface area contributed by atoms with Crippen LogP contribution in [0.15, 0.2) is 54.6 Å². The Labute approximate surface area is 121 Å². The van der Waals surface area contributed by atoms with Crippen molar-refractivity contribution in [2.75, 3.05) is 0 Å². The lowest BCUT2D eigenvalue weighted by Crippen LogP contribution is -2.09. The summed E-state index contributed by atoms with van der Waals surface area (Å²) in [5.41, 5.74) is 1.77. The number of hydrogen-bond donors (Lipinski definition) is 0. The molecule has 0 fully saturated rings. The van der Waals surface area contributed by atoms with Gasteiger partial charge in [-0.25, -0.2) is 0 Å². The lowest BCUT2D eigenvalue weighted by atomic mass is 10.1. The van der Waals surface area contributed by atoms with Crippen LogP contribution in [-0.4, -0.2) is 10.6 Å². The molecule has 0 aliphatic carbocycles. The standard InChI is InChI=1S/C16H15BrO2/c1-12(17)16(18)14-8-5-9-15(10-14)19-11-13-6-3-2-4-7-13/h2-10,12H,11H2,1H3/t12-/m1/s1. The molecular weight excluding hydrogens is 304 g/mol. The normalized spacial score (nSPS) is 11.9. The van der Waals surface area contributed by atoms with Gasteiger partial charge in [0.25, 0.3) is 0 Å². The minimum atomic E-state index is -0.183. The molecule has 2 rings (SSSR count). The number of halogens is 1. The largest absolute Gasteiger partial charge is 0.489 e. The Morgan fingerprint density at radius 3 is 2.58 bits per heavy atom. The summed E-state index contributed by atoms with van der Waals surface area (Å²) >= 11 is 3.29. The molecule has 0 spiro atoms. The number of ketones is 1. The molecule has 98 valence electrons. The second kappa shape index (κ2) is 6.53. The maximum atomic E-state index is 11.9. The van der Waals surface area contributed by atoms with E-state index in [-0.39, 0.29) is 10.6 Å². The molecule has 0 aliphatic rings. The Bertz CT molecular complexity index is 550. The van der Waals surface area contributed by atoms with Gasteiger partial charge >= 0.3 is 0 Å². The summed E-state index contributed by atoms with van der Waals surface area (Å²) in [4.78, 5) is 11.7. The Morgan fingerprint density at radius 1 is 1.16 bits per heavy atom. The van der Waals surface area contributed by atoms with E-state index in [1.807, 2.05) is 49.4 Å². The molecule has 0 aromatic heterocycles. The number of benzene rings is 2. The molecule has 0 unspecified atom stereocenters. The molecule has 2 nitrogen and oxygen atoms in total. The molecule has 0 saturated heterocycles. The van der Waals surface area contributed by atoms with Crippen molar-refractivity contribution in [3.8, 4) is 5.75 Å². The van der Waals surface area contributed by atoms with E-state index in [2.05, 4.69) is 15.9 Å². The van der Waals surface area contributed by atoms with Crippen molar-refractivity contribution >= 4 is 21.7 Å². The monoisotopic (exact) mass is 318 g/mol. The Balaban J connectivity index is 2.05. The Morgan fingerprint density at radius 2 is 1.89 bits per heavy atom. The first-order valence-corrected chi connectivity index (χ1v) is 7.03. The molecule has 1 atom stereocenters. The van der Waals surface area contributed by atoms with E-state index in [1.54, 1.807) is 12.1 Å². The number of rotatable bonds is 5. The van der Waals surface area contributed by atoms with Crippen molar-refractivity contribution in [3.63, 3.8) is 0 Å². The number of carbonyl (C=O) groups is 1. The molecular formula is C16H15BrO2. The first-order chi connectivity index (χ1) is 9.16. The number of hydrogen-bond acceptors (Lipinski definition) is 2. The summed E-state index contributed by atoms with van der Waals surface area (Å²) in [6.45, 7) is 2.32. The minimum Gasteiger partial charge on any atom is -0.489 e. The van der Waals surface area contributed by atoms with Gasteiger partial charge in [0.05, 0.1) is 4.83 Å². The topological polar surface area (TPSA) is 26.3 Å². The van der Waals surface area contributed by atoms with Gasteiger partial charge in [-0.15, -0.1) is 0 Å².